The zero-order chi connectivity index (χ0) is 13.8. The predicted molar refractivity (Wildman–Crippen MR) is 75.4 cm³/mol. The van der Waals surface area contributed by atoms with Crippen molar-refractivity contribution in [1.29, 1.82) is 0 Å². The first-order valence-corrected chi connectivity index (χ1v) is 6.14. The van der Waals surface area contributed by atoms with Crippen LogP contribution in [-0.4, -0.2) is 11.6 Å². The van der Waals surface area contributed by atoms with E-state index in [0.29, 0.717) is 11.1 Å². The first kappa shape index (κ1) is 13.2. The minimum Gasteiger partial charge on any atom is -0.295 e. The van der Waals surface area contributed by atoms with E-state index in [1.54, 1.807) is 26.0 Å². The van der Waals surface area contributed by atoms with Crippen molar-refractivity contribution in [2.75, 3.05) is 0 Å². The molecule has 0 bridgehead atoms. The Morgan fingerprint density at radius 3 is 1.47 bits per heavy atom. The van der Waals surface area contributed by atoms with Crippen LogP contribution in [0.15, 0.2) is 48.5 Å². The molecule has 2 rings (SSSR count). The second kappa shape index (κ2) is 5.61. The Kier molecular flexibility index (Phi) is 3.91. The molecule has 2 heteroatoms. The van der Waals surface area contributed by atoms with Crippen molar-refractivity contribution in [3.05, 3.63) is 77.2 Å². The molecule has 0 aliphatic rings. The lowest BCUT2D eigenvalue weighted by atomic mass is 9.94. The molecule has 0 saturated heterocycles. The summed E-state index contributed by atoms with van der Waals surface area (Å²) in [6, 6.07) is 14.8. The second-order valence-corrected chi connectivity index (χ2v) is 4.43. The van der Waals surface area contributed by atoms with E-state index in [9.17, 15) is 9.59 Å². The van der Waals surface area contributed by atoms with Crippen molar-refractivity contribution in [3.8, 4) is 0 Å². The van der Waals surface area contributed by atoms with Gasteiger partial charge in [-0.05, 0) is 25.0 Å². The van der Waals surface area contributed by atoms with Gasteiger partial charge in [-0.3, -0.25) is 9.59 Å². The van der Waals surface area contributed by atoms with Crippen LogP contribution in [0.25, 0.3) is 0 Å². The number of carbonyl (C=O) groups excluding carboxylic acids is 2. The molecule has 0 aliphatic carbocycles. The van der Waals surface area contributed by atoms with E-state index in [-0.39, 0.29) is 11.6 Å². The molecule has 2 nitrogen and oxygen atoms in total. The van der Waals surface area contributed by atoms with Crippen LogP contribution < -0.4 is 0 Å². The van der Waals surface area contributed by atoms with Gasteiger partial charge in [-0.2, -0.15) is 0 Å². The molecular weight excluding hydrogens is 236 g/mol. The van der Waals surface area contributed by atoms with Crippen molar-refractivity contribution in [2.24, 2.45) is 0 Å². The van der Waals surface area contributed by atoms with Gasteiger partial charge in [0.05, 0.1) is 0 Å². The minimum absolute atomic E-state index is 0.0205. The van der Waals surface area contributed by atoms with Gasteiger partial charge >= 0.3 is 0 Å². The van der Waals surface area contributed by atoms with Gasteiger partial charge in [-0.1, -0.05) is 48.5 Å². The van der Waals surface area contributed by atoms with Crippen molar-refractivity contribution in [1.82, 2.24) is 0 Å². The van der Waals surface area contributed by atoms with Crippen molar-refractivity contribution in [2.45, 2.75) is 13.8 Å². The van der Waals surface area contributed by atoms with Crippen LogP contribution in [0.5, 0.6) is 0 Å². The van der Waals surface area contributed by atoms with Crippen molar-refractivity contribution < 1.29 is 9.59 Å². The van der Waals surface area contributed by atoms with Crippen LogP contribution in [0.1, 0.15) is 45.7 Å². The molecule has 0 spiro atoms. The maximum absolute atomic E-state index is 11.6. The molecule has 0 aliphatic heterocycles. The Balaban J connectivity index is 2.42. The van der Waals surface area contributed by atoms with Gasteiger partial charge in [-0.25, -0.2) is 0 Å². The summed E-state index contributed by atoms with van der Waals surface area (Å²) in [5.41, 5.74) is 3.01. The fourth-order valence-electron chi connectivity index (χ4n) is 2.05. The third kappa shape index (κ3) is 2.97. The molecule has 0 N–H and O–H groups in total. The van der Waals surface area contributed by atoms with Gasteiger partial charge in [0.25, 0.3) is 0 Å². The molecule has 2 aromatic carbocycles. The van der Waals surface area contributed by atoms with E-state index in [2.05, 4.69) is 0 Å². The number of hydrogen-bond acceptors (Lipinski definition) is 2. The average Bonchev–Trinajstić information content (AvgIpc) is 2.39. The third-order valence-electron chi connectivity index (χ3n) is 2.99. The normalized spacial score (nSPS) is 10.2. The van der Waals surface area contributed by atoms with Gasteiger partial charge in [0.1, 0.15) is 0 Å². The van der Waals surface area contributed by atoms with E-state index in [0.717, 1.165) is 11.1 Å². The van der Waals surface area contributed by atoms with E-state index in [4.69, 9.17) is 0 Å². The van der Waals surface area contributed by atoms with Crippen molar-refractivity contribution in [3.63, 3.8) is 0 Å². The number of rotatable bonds is 4. The number of carbonyl (C=O) groups is 2. The Hall–Kier alpha value is -2.22. The summed E-state index contributed by atoms with van der Waals surface area (Å²) in [5, 5.41) is 0. The topological polar surface area (TPSA) is 34.1 Å². The lowest BCUT2D eigenvalue weighted by Gasteiger charge is -2.09. The van der Waals surface area contributed by atoms with Crippen LogP contribution in [0.2, 0.25) is 0 Å². The van der Waals surface area contributed by atoms with Gasteiger partial charge in [0.15, 0.2) is 11.6 Å². The molecular formula is C17H15O2. The van der Waals surface area contributed by atoms with Crippen LogP contribution in [0, 0.1) is 6.42 Å². The van der Waals surface area contributed by atoms with Crippen LogP contribution in [-0.2, 0) is 0 Å². The molecule has 0 atom stereocenters. The molecule has 1 radical (unpaired) electrons. The molecule has 0 amide bonds. The molecule has 0 saturated carbocycles. The van der Waals surface area contributed by atoms with Crippen LogP contribution >= 0.6 is 0 Å². The smallest absolute Gasteiger partial charge is 0.160 e. The molecule has 0 fully saturated rings. The molecule has 0 heterocycles. The highest BCUT2D eigenvalue weighted by Gasteiger charge is 2.11. The quantitative estimate of drug-likeness (QED) is 0.776. The van der Waals surface area contributed by atoms with E-state index in [1.807, 2.05) is 42.8 Å². The standard InChI is InChI=1S/C17H15O2/c1-12(18)16-9-5-3-7-14(16)11-15-8-4-6-10-17(15)13(2)19/h3-11H,1-2H3. The molecule has 95 valence electrons. The highest BCUT2D eigenvalue weighted by Crippen LogP contribution is 2.20. The Morgan fingerprint density at radius 1 is 0.737 bits per heavy atom. The van der Waals surface area contributed by atoms with Crippen molar-refractivity contribution >= 4 is 11.6 Å². The summed E-state index contributed by atoms with van der Waals surface area (Å²) >= 11 is 0. The monoisotopic (exact) mass is 251 g/mol. The first-order valence-electron chi connectivity index (χ1n) is 6.14. The fraction of sp³-hybridized carbons (Fsp3) is 0.118. The first-order chi connectivity index (χ1) is 9.09. The largest absolute Gasteiger partial charge is 0.295 e. The molecule has 0 unspecified atom stereocenters. The second-order valence-electron chi connectivity index (χ2n) is 4.43. The maximum atomic E-state index is 11.6. The Labute approximate surface area is 113 Å². The van der Waals surface area contributed by atoms with Crippen LogP contribution in [0.3, 0.4) is 0 Å². The Bertz CT molecular complexity index is 571. The number of benzene rings is 2. The molecule has 19 heavy (non-hydrogen) atoms. The number of ketones is 2. The Morgan fingerprint density at radius 2 is 1.11 bits per heavy atom. The summed E-state index contributed by atoms with van der Waals surface area (Å²) in [6.07, 6.45) is 1.88. The highest BCUT2D eigenvalue weighted by atomic mass is 16.1. The number of Topliss-reactive ketones (excluding diaryl/α,β-unsaturated/α-hetero) is 2. The lowest BCUT2D eigenvalue weighted by Crippen LogP contribution is -2.02. The van der Waals surface area contributed by atoms with Gasteiger partial charge in [-0.15, -0.1) is 0 Å². The van der Waals surface area contributed by atoms with E-state index >= 15 is 0 Å². The highest BCUT2D eigenvalue weighted by molar-refractivity contribution is 5.98. The fourth-order valence-corrected chi connectivity index (χ4v) is 2.05. The summed E-state index contributed by atoms with van der Waals surface area (Å²) < 4.78 is 0. The SMILES string of the molecule is CC(=O)c1ccccc1[CH]c1ccccc1C(C)=O. The zero-order valence-corrected chi connectivity index (χ0v) is 11.0. The third-order valence-corrected chi connectivity index (χ3v) is 2.99. The zero-order valence-electron chi connectivity index (χ0n) is 11.0. The summed E-state index contributed by atoms with van der Waals surface area (Å²) in [5.74, 6) is 0.0410. The average molecular weight is 251 g/mol. The summed E-state index contributed by atoms with van der Waals surface area (Å²) in [7, 11) is 0. The molecule has 0 aromatic heterocycles. The number of hydrogen-bond donors (Lipinski definition) is 0. The van der Waals surface area contributed by atoms with Gasteiger partial charge < -0.3 is 0 Å². The predicted octanol–water partition coefficient (Wildman–Crippen LogP) is 3.69. The van der Waals surface area contributed by atoms with Gasteiger partial charge in [0.2, 0.25) is 0 Å². The van der Waals surface area contributed by atoms with E-state index in [1.165, 1.54) is 0 Å². The maximum Gasteiger partial charge on any atom is 0.160 e. The minimum atomic E-state index is 0.0205. The molecule has 2 aromatic rings. The van der Waals surface area contributed by atoms with Crippen LogP contribution in [0.4, 0.5) is 0 Å². The summed E-state index contributed by atoms with van der Waals surface area (Å²) in [4.78, 5) is 23.2. The summed E-state index contributed by atoms with van der Waals surface area (Å²) in [6.45, 7) is 3.09. The van der Waals surface area contributed by atoms with Gasteiger partial charge in [0, 0.05) is 17.5 Å². The van der Waals surface area contributed by atoms with E-state index < -0.39 is 0 Å². The lowest BCUT2D eigenvalue weighted by molar-refractivity contribution is 0.100.